The number of aromatic nitrogens is 1. The summed E-state index contributed by atoms with van der Waals surface area (Å²) in [5.74, 6) is 0. The van der Waals surface area contributed by atoms with Crippen molar-refractivity contribution in [1.82, 2.24) is 9.88 Å². The van der Waals surface area contributed by atoms with Crippen molar-refractivity contribution in [2.45, 2.75) is 64.2 Å². The van der Waals surface area contributed by atoms with Crippen LogP contribution in [-0.4, -0.2) is 52.9 Å². The molecule has 4 rings (SSSR count). The molecule has 2 saturated heterocycles. The average molecular weight is 374 g/mol. The number of anilines is 2. The van der Waals surface area contributed by atoms with Crippen molar-refractivity contribution in [3.63, 3.8) is 0 Å². The van der Waals surface area contributed by atoms with Gasteiger partial charge in [-0.1, -0.05) is 0 Å². The maximum Gasteiger partial charge on any atom is 0.420 e. The number of amides is 2. The molecule has 8 heteroatoms. The van der Waals surface area contributed by atoms with Gasteiger partial charge in [-0.25, -0.2) is 14.5 Å². The van der Waals surface area contributed by atoms with Gasteiger partial charge in [0, 0.05) is 25.2 Å². The third kappa shape index (κ3) is 3.17. The van der Waals surface area contributed by atoms with Crippen LogP contribution in [0.2, 0.25) is 0 Å². The van der Waals surface area contributed by atoms with E-state index in [9.17, 15) is 9.59 Å². The number of carbonyl (C=O) groups is 2. The molecule has 0 spiro atoms. The molecule has 146 valence electrons. The van der Waals surface area contributed by atoms with Gasteiger partial charge >= 0.3 is 12.2 Å². The number of aryl methyl sites for hydroxylation is 1. The molecule has 0 bridgehead atoms. The van der Waals surface area contributed by atoms with Gasteiger partial charge in [0.15, 0.2) is 0 Å². The highest BCUT2D eigenvalue weighted by atomic mass is 16.6. The maximum atomic E-state index is 12.6. The normalized spacial score (nSPS) is 24.5. The van der Waals surface area contributed by atoms with Crippen molar-refractivity contribution in [2.75, 3.05) is 23.7 Å². The highest BCUT2D eigenvalue weighted by Crippen LogP contribution is 2.38. The minimum atomic E-state index is -0.680. The van der Waals surface area contributed by atoms with Crippen molar-refractivity contribution < 1.29 is 19.1 Å². The minimum Gasteiger partial charge on any atom is -0.443 e. The summed E-state index contributed by atoms with van der Waals surface area (Å²) in [7, 11) is 0. The topological polar surface area (TPSA) is 98.0 Å². The molecule has 2 N–H and O–H groups in total. The number of hydrogen-bond donors (Lipinski definition) is 1. The Balaban J connectivity index is 1.60. The number of ether oxygens (including phenoxy) is 2. The van der Waals surface area contributed by atoms with Gasteiger partial charge in [-0.15, -0.1) is 0 Å². The quantitative estimate of drug-likeness (QED) is 0.806. The van der Waals surface area contributed by atoms with Crippen molar-refractivity contribution in [1.29, 1.82) is 0 Å². The molecule has 1 aliphatic carbocycles. The molecular formula is C19H26N4O4. The molecule has 3 aliphatic rings. The lowest BCUT2D eigenvalue weighted by Gasteiger charge is -2.38. The van der Waals surface area contributed by atoms with E-state index in [-0.39, 0.29) is 12.1 Å². The largest absolute Gasteiger partial charge is 0.443 e. The van der Waals surface area contributed by atoms with Gasteiger partial charge in [-0.05, 0) is 45.6 Å². The Morgan fingerprint density at radius 1 is 1.37 bits per heavy atom. The van der Waals surface area contributed by atoms with Gasteiger partial charge in [0.1, 0.15) is 17.7 Å². The zero-order valence-corrected chi connectivity index (χ0v) is 16.0. The molecule has 8 nitrogen and oxygen atoms in total. The lowest BCUT2D eigenvalue weighted by Crippen LogP contribution is -2.53. The lowest BCUT2D eigenvalue weighted by atomic mass is 10.00. The number of piperidine rings is 1. The summed E-state index contributed by atoms with van der Waals surface area (Å²) in [6, 6.07) is -0.384. The Morgan fingerprint density at radius 2 is 2.15 bits per heavy atom. The molecule has 2 fully saturated rings. The molecule has 2 aliphatic heterocycles. The number of fused-ring (bicyclic) bond motifs is 2. The van der Waals surface area contributed by atoms with Gasteiger partial charge in [-0.2, -0.15) is 0 Å². The Bertz CT molecular complexity index is 789. The maximum absolute atomic E-state index is 12.6. The average Bonchev–Trinajstić information content (AvgIpc) is 3.15. The number of carbonyl (C=O) groups excluding carboxylic acids is 2. The first-order valence-electron chi connectivity index (χ1n) is 9.48. The zero-order valence-electron chi connectivity index (χ0n) is 16.0. The van der Waals surface area contributed by atoms with Crippen LogP contribution in [0.25, 0.3) is 0 Å². The molecule has 0 saturated carbocycles. The summed E-state index contributed by atoms with van der Waals surface area (Å²) in [5, 5.41) is 0. The van der Waals surface area contributed by atoms with E-state index < -0.39 is 17.8 Å². The summed E-state index contributed by atoms with van der Waals surface area (Å²) >= 11 is 0. The third-order valence-electron chi connectivity index (χ3n) is 5.31. The Kier molecular flexibility index (Phi) is 4.16. The molecule has 2 atom stereocenters. The molecule has 0 aromatic carbocycles. The molecule has 27 heavy (non-hydrogen) atoms. The fourth-order valence-corrected chi connectivity index (χ4v) is 4.22. The van der Waals surface area contributed by atoms with E-state index in [2.05, 4.69) is 9.88 Å². The van der Waals surface area contributed by atoms with E-state index >= 15 is 0 Å². The smallest absolute Gasteiger partial charge is 0.420 e. The van der Waals surface area contributed by atoms with Crippen molar-refractivity contribution in [3.05, 3.63) is 17.5 Å². The van der Waals surface area contributed by atoms with Crippen molar-refractivity contribution >= 4 is 23.6 Å². The predicted molar refractivity (Wildman–Crippen MR) is 99.6 cm³/mol. The number of nitrogens with zero attached hydrogens (tertiary/aromatic N) is 3. The Labute approximate surface area is 158 Å². The van der Waals surface area contributed by atoms with Crippen LogP contribution in [0.15, 0.2) is 6.20 Å². The summed E-state index contributed by atoms with van der Waals surface area (Å²) in [6.45, 7) is 6.53. The highest BCUT2D eigenvalue weighted by molar-refractivity contribution is 5.90. The van der Waals surface area contributed by atoms with E-state index in [1.54, 1.807) is 27.0 Å². The van der Waals surface area contributed by atoms with Crippen LogP contribution in [-0.2, 0) is 22.3 Å². The van der Waals surface area contributed by atoms with Crippen LogP contribution < -0.4 is 10.6 Å². The van der Waals surface area contributed by atoms with E-state index in [0.717, 1.165) is 42.1 Å². The number of pyridine rings is 1. The lowest BCUT2D eigenvalue weighted by molar-refractivity contribution is 0.0285. The second kappa shape index (κ2) is 6.28. The summed E-state index contributed by atoms with van der Waals surface area (Å²) in [6.07, 6.45) is 3.76. The van der Waals surface area contributed by atoms with Crippen molar-refractivity contribution in [3.8, 4) is 0 Å². The SMILES string of the molecule is CC(C)(C)OC(=O)N1C(=O)O[C@@H]2CCN(c3c(N)cnc4c3CCC4)C[C@@H]21. The highest BCUT2D eigenvalue weighted by Gasteiger charge is 2.50. The van der Waals surface area contributed by atoms with Gasteiger partial charge in [0.05, 0.1) is 17.6 Å². The third-order valence-corrected chi connectivity index (χ3v) is 5.31. The zero-order chi connectivity index (χ0) is 19.3. The minimum absolute atomic E-state index is 0.308. The predicted octanol–water partition coefficient (Wildman–Crippen LogP) is 2.49. The summed E-state index contributed by atoms with van der Waals surface area (Å²) < 4.78 is 10.8. The first kappa shape index (κ1) is 17.9. The number of hydrogen-bond acceptors (Lipinski definition) is 7. The van der Waals surface area contributed by atoms with Gasteiger partial charge in [0.2, 0.25) is 0 Å². The summed E-state index contributed by atoms with van der Waals surface area (Å²) in [5.41, 5.74) is 9.52. The van der Waals surface area contributed by atoms with E-state index in [4.69, 9.17) is 15.2 Å². The molecular weight excluding hydrogens is 348 g/mol. The molecule has 3 heterocycles. The number of imide groups is 1. The second-order valence-electron chi connectivity index (χ2n) is 8.42. The van der Waals surface area contributed by atoms with Crippen LogP contribution in [0.5, 0.6) is 0 Å². The molecule has 1 aromatic heterocycles. The number of nitrogens with two attached hydrogens (primary N) is 1. The fraction of sp³-hybridized carbons (Fsp3) is 0.632. The van der Waals surface area contributed by atoms with Crippen molar-refractivity contribution in [2.24, 2.45) is 0 Å². The summed E-state index contributed by atoms with van der Waals surface area (Å²) in [4.78, 5) is 32.6. The molecule has 0 radical (unpaired) electrons. The molecule has 1 aromatic rings. The van der Waals surface area contributed by atoms with Crippen LogP contribution in [0, 0.1) is 0 Å². The van der Waals surface area contributed by atoms with Crippen LogP contribution in [0.1, 0.15) is 44.9 Å². The molecule has 2 amide bonds. The standard InChI is InChI=1S/C19H26N4O4/c1-19(2,3)27-18(25)23-14-10-22(8-7-15(14)26-17(23)24)16-11-5-4-6-13(11)21-9-12(16)20/h9,14-15H,4-8,10,20H2,1-3H3/t14-,15+/m0/s1. The fourth-order valence-electron chi connectivity index (χ4n) is 4.22. The van der Waals surface area contributed by atoms with E-state index in [1.165, 1.54) is 5.56 Å². The molecule has 0 unspecified atom stereocenters. The van der Waals surface area contributed by atoms with Crippen LogP contribution in [0.4, 0.5) is 21.0 Å². The van der Waals surface area contributed by atoms with Gasteiger partial charge < -0.3 is 20.1 Å². The monoisotopic (exact) mass is 374 g/mol. The van der Waals surface area contributed by atoms with Crippen LogP contribution in [0.3, 0.4) is 0 Å². The first-order valence-corrected chi connectivity index (χ1v) is 9.48. The van der Waals surface area contributed by atoms with Crippen LogP contribution >= 0.6 is 0 Å². The second-order valence-corrected chi connectivity index (χ2v) is 8.42. The first-order chi connectivity index (χ1) is 12.7. The Morgan fingerprint density at radius 3 is 2.89 bits per heavy atom. The number of nitrogen functional groups attached to an aromatic ring is 1. The van der Waals surface area contributed by atoms with E-state index in [1.807, 2.05) is 0 Å². The van der Waals surface area contributed by atoms with Gasteiger partial charge in [-0.3, -0.25) is 4.98 Å². The number of rotatable bonds is 1. The van der Waals surface area contributed by atoms with Gasteiger partial charge in [0.25, 0.3) is 0 Å². The van der Waals surface area contributed by atoms with E-state index in [0.29, 0.717) is 18.7 Å². The Hall–Kier alpha value is -2.51.